The summed E-state index contributed by atoms with van der Waals surface area (Å²) in [7, 11) is 0. The number of rotatable bonds is 4. The number of benzene rings is 4. The second-order valence-electron chi connectivity index (χ2n) is 8.80. The topological polar surface area (TPSA) is 48.5 Å². The first kappa shape index (κ1) is 23.9. The van der Waals surface area contributed by atoms with E-state index in [9.17, 15) is 0 Å². The Bertz CT molecular complexity index is 1640. The molecule has 0 spiro atoms. The largest absolute Gasteiger partial charge is 0.322 e. The van der Waals surface area contributed by atoms with Crippen molar-refractivity contribution in [1.82, 2.24) is 24.3 Å². The predicted octanol–water partition coefficient (Wildman–Crippen LogP) is 6.66. The van der Waals surface area contributed by atoms with Crippen LogP contribution in [-0.2, 0) is 20.1 Å². The van der Waals surface area contributed by atoms with Gasteiger partial charge < -0.3 is 9.13 Å². The van der Waals surface area contributed by atoms with Gasteiger partial charge in [-0.15, -0.1) is 28.9 Å². The molecule has 0 aliphatic rings. The minimum absolute atomic E-state index is 0. The molecule has 6 aromatic rings. The minimum Gasteiger partial charge on any atom is -0.322 e. The molecule has 0 amide bonds. The van der Waals surface area contributed by atoms with E-state index in [1.807, 2.05) is 37.3 Å². The second kappa shape index (κ2) is 9.65. The Morgan fingerprint density at radius 2 is 1.44 bits per heavy atom. The zero-order valence-corrected chi connectivity index (χ0v) is 22.6. The summed E-state index contributed by atoms with van der Waals surface area (Å²) in [6.45, 7) is 6.30. The Hall–Kier alpha value is -3.86. The summed E-state index contributed by atoms with van der Waals surface area (Å²) in [5, 5.41) is 8.77. The van der Waals surface area contributed by atoms with Crippen LogP contribution in [0.3, 0.4) is 0 Å². The third kappa shape index (κ3) is 4.09. The standard InChI is InChI=1S/C30H24N5.Ir/c1-20-16-25(23-10-6-4-7-11-23)17-21(2)29(20)34-19-31-33-30(34)24-14-15-27-28(18-24)35(22(3)32-27)26-12-8-5-9-13-26;/h4-13,15-19H,1-3H3;/q-1;. The molecule has 0 fully saturated rings. The van der Waals surface area contributed by atoms with Gasteiger partial charge in [0.1, 0.15) is 6.33 Å². The van der Waals surface area contributed by atoms with Crippen molar-refractivity contribution in [3.05, 3.63) is 114 Å². The average molecular weight is 647 g/mol. The molecule has 0 aliphatic heterocycles. The summed E-state index contributed by atoms with van der Waals surface area (Å²) in [5.74, 6) is 1.69. The summed E-state index contributed by atoms with van der Waals surface area (Å²) in [4.78, 5) is 4.75. The van der Waals surface area contributed by atoms with Gasteiger partial charge in [-0.3, -0.25) is 4.98 Å². The maximum absolute atomic E-state index is 4.75. The molecule has 179 valence electrons. The summed E-state index contributed by atoms with van der Waals surface area (Å²) < 4.78 is 4.23. The Morgan fingerprint density at radius 3 is 2.14 bits per heavy atom. The molecule has 0 N–H and O–H groups in total. The van der Waals surface area contributed by atoms with Crippen LogP contribution < -0.4 is 0 Å². The van der Waals surface area contributed by atoms with Gasteiger partial charge in [-0.05, 0) is 72.8 Å². The van der Waals surface area contributed by atoms with Crippen LogP contribution in [0.4, 0.5) is 0 Å². The molecule has 0 bridgehead atoms. The van der Waals surface area contributed by atoms with Crippen LogP contribution in [0.2, 0.25) is 0 Å². The Balaban J connectivity index is 0.00000267. The van der Waals surface area contributed by atoms with Gasteiger partial charge in [0.05, 0.1) is 11.6 Å². The number of imidazole rings is 1. The zero-order chi connectivity index (χ0) is 23.9. The first-order chi connectivity index (χ1) is 17.1. The fourth-order valence-corrected chi connectivity index (χ4v) is 4.89. The van der Waals surface area contributed by atoms with Crippen molar-refractivity contribution < 1.29 is 20.1 Å². The molecule has 0 atom stereocenters. The van der Waals surface area contributed by atoms with Crippen molar-refractivity contribution in [2.24, 2.45) is 0 Å². The fourth-order valence-electron chi connectivity index (χ4n) is 4.89. The molecule has 5 nitrogen and oxygen atoms in total. The van der Waals surface area contributed by atoms with Gasteiger partial charge in [0.25, 0.3) is 0 Å². The summed E-state index contributed by atoms with van der Waals surface area (Å²) in [6.07, 6.45) is 1.78. The summed E-state index contributed by atoms with van der Waals surface area (Å²) in [5.41, 5.74) is 9.70. The first-order valence-corrected chi connectivity index (χ1v) is 11.6. The molecule has 0 saturated heterocycles. The molecular formula is C30H24IrN5-. The quantitative estimate of drug-likeness (QED) is 0.201. The Morgan fingerprint density at radius 1 is 0.778 bits per heavy atom. The Labute approximate surface area is 223 Å². The normalized spacial score (nSPS) is 11.0. The monoisotopic (exact) mass is 647 g/mol. The molecule has 6 rings (SSSR count). The third-order valence-corrected chi connectivity index (χ3v) is 6.40. The molecule has 36 heavy (non-hydrogen) atoms. The zero-order valence-electron chi connectivity index (χ0n) is 20.2. The number of hydrogen-bond donors (Lipinski definition) is 0. The number of para-hydroxylation sites is 1. The van der Waals surface area contributed by atoms with E-state index in [2.05, 4.69) is 93.8 Å². The van der Waals surface area contributed by atoms with Crippen molar-refractivity contribution >= 4 is 11.0 Å². The first-order valence-electron chi connectivity index (χ1n) is 11.6. The molecule has 0 saturated carbocycles. The van der Waals surface area contributed by atoms with E-state index in [4.69, 9.17) is 4.98 Å². The van der Waals surface area contributed by atoms with Gasteiger partial charge in [0, 0.05) is 37.0 Å². The SMILES string of the molecule is Cc1cc(-c2ccccc2)cc(C)c1-n1cnnc1-c1[c-]cc2nc(C)n(-c3ccccc3)c2c1.[Ir]. The molecule has 0 aliphatic carbocycles. The summed E-state index contributed by atoms with van der Waals surface area (Å²) in [6, 6.07) is 32.6. The predicted molar refractivity (Wildman–Crippen MR) is 140 cm³/mol. The molecule has 2 aromatic heterocycles. The fraction of sp³-hybridized carbons (Fsp3) is 0.100. The van der Waals surface area contributed by atoms with E-state index >= 15 is 0 Å². The van der Waals surface area contributed by atoms with E-state index in [0.717, 1.165) is 50.7 Å². The molecule has 4 aromatic carbocycles. The van der Waals surface area contributed by atoms with Crippen molar-refractivity contribution in [1.29, 1.82) is 0 Å². The minimum atomic E-state index is 0. The van der Waals surface area contributed by atoms with E-state index in [-0.39, 0.29) is 20.1 Å². The van der Waals surface area contributed by atoms with Gasteiger partial charge in [-0.2, -0.15) is 5.10 Å². The number of aryl methyl sites for hydroxylation is 3. The molecule has 2 heterocycles. The van der Waals surface area contributed by atoms with Crippen LogP contribution in [0.15, 0.2) is 91.3 Å². The van der Waals surface area contributed by atoms with E-state index < -0.39 is 0 Å². The molecule has 1 radical (unpaired) electrons. The van der Waals surface area contributed by atoms with Crippen LogP contribution in [0.1, 0.15) is 17.0 Å². The number of aromatic nitrogens is 5. The maximum atomic E-state index is 4.75. The smallest absolute Gasteiger partial charge is 0.114 e. The third-order valence-electron chi connectivity index (χ3n) is 6.40. The Kier molecular flexibility index (Phi) is 6.40. The average Bonchev–Trinajstić information content (AvgIpc) is 3.48. The van der Waals surface area contributed by atoms with Crippen LogP contribution in [0.5, 0.6) is 0 Å². The molecule has 6 heteroatoms. The van der Waals surface area contributed by atoms with Gasteiger partial charge in [0.15, 0.2) is 0 Å². The van der Waals surface area contributed by atoms with E-state index in [1.54, 1.807) is 6.33 Å². The number of nitrogens with zero attached hydrogens (tertiary/aromatic N) is 5. The van der Waals surface area contributed by atoms with Gasteiger partial charge >= 0.3 is 0 Å². The van der Waals surface area contributed by atoms with Gasteiger partial charge in [-0.1, -0.05) is 48.5 Å². The van der Waals surface area contributed by atoms with Crippen molar-refractivity contribution in [2.75, 3.05) is 0 Å². The van der Waals surface area contributed by atoms with Crippen molar-refractivity contribution in [3.8, 4) is 33.9 Å². The number of hydrogen-bond acceptors (Lipinski definition) is 3. The van der Waals surface area contributed by atoms with Crippen LogP contribution in [0.25, 0.3) is 44.9 Å². The van der Waals surface area contributed by atoms with E-state index in [0.29, 0.717) is 0 Å². The van der Waals surface area contributed by atoms with Gasteiger partial charge in [0.2, 0.25) is 0 Å². The van der Waals surface area contributed by atoms with Crippen LogP contribution >= 0.6 is 0 Å². The maximum Gasteiger partial charge on any atom is 0.114 e. The van der Waals surface area contributed by atoms with Crippen molar-refractivity contribution in [3.63, 3.8) is 0 Å². The van der Waals surface area contributed by atoms with Crippen LogP contribution in [0, 0.1) is 26.8 Å². The van der Waals surface area contributed by atoms with Gasteiger partial charge in [-0.25, -0.2) is 0 Å². The van der Waals surface area contributed by atoms with Crippen molar-refractivity contribution in [2.45, 2.75) is 20.8 Å². The second-order valence-corrected chi connectivity index (χ2v) is 8.80. The molecular weight excluding hydrogens is 623 g/mol. The van der Waals surface area contributed by atoms with E-state index in [1.165, 1.54) is 11.1 Å². The van der Waals surface area contributed by atoms with Crippen LogP contribution in [-0.4, -0.2) is 24.3 Å². The molecule has 0 unspecified atom stereocenters. The summed E-state index contributed by atoms with van der Waals surface area (Å²) >= 11 is 0. The number of fused-ring (bicyclic) bond motifs is 1.